The lowest BCUT2D eigenvalue weighted by molar-refractivity contribution is -0.141. The summed E-state index contributed by atoms with van der Waals surface area (Å²) in [6, 6.07) is 8.63. The van der Waals surface area contributed by atoms with Crippen LogP contribution >= 0.6 is 0 Å². The summed E-state index contributed by atoms with van der Waals surface area (Å²) in [6.45, 7) is 4.96. The van der Waals surface area contributed by atoms with E-state index in [1.54, 1.807) is 0 Å². The van der Waals surface area contributed by atoms with E-state index in [9.17, 15) is 4.79 Å². The van der Waals surface area contributed by atoms with Crippen molar-refractivity contribution < 1.29 is 9.53 Å². The molecule has 1 aromatic rings. The molecule has 3 nitrogen and oxygen atoms in total. The Bertz CT molecular complexity index is 417. The van der Waals surface area contributed by atoms with E-state index in [0.717, 1.165) is 19.6 Å². The number of esters is 1. The topological polar surface area (TPSA) is 29.5 Å². The molecule has 0 fully saturated rings. The number of fused-ring (bicyclic) bond motifs is 1. The minimum Gasteiger partial charge on any atom is -0.469 e. The molecule has 0 saturated carbocycles. The molecule has 0 aromatic heterocycles. The average molecular weight is 247 g/mol. The van der Waals surface area contributed by atoms with Gasteiger partial charge in [-0.15, -0.1) is 0 Å². The highest BCUT2D eigenvalue weighted by molar-refractivity contribution is 5.69. The molecule has 98 valence electrons. The Morgan fingerprint density at radius 1 is 1.44 bits per heavy atom. The molecule has 0 amide bonds. The summed E-state index contributed by atoms with van der Waals surface area (Å²) in [5, 5.41) is 0. The van der Waals surface area contributed by atoms with Gasteiger partial charge in [0.25, 0.3) is 0 Å². The number of carbonyl (C=O) groups excluding carboxylic acids is 1. The van der Waals surface area contributed by atoms with Crippen molar-refractivity contribution in [3.63, 3.8) is 0 Å². The molecule has 2 rings (SSSR count). The molecule has 0 saturated heterocycles. The van der Waals surface area contributed by atoms with Gasteiger partial charge in [-0.2, -0.15) is 0 Å². The van der Waals surface area contributed by atoms with Gasteiger partial charge in [0.1, 0.15) is 0 Å². The normalized spacial score (nSPS) is 17.2. The number of carbonyl (C=O) groups is 1. The summed E-state index contributed by atoms with van der Waals surface area (Å²) in [4.78, 5) is 13.5. The van der Waals surface area contributed by atoms with Crippen molar-refractivity contribution in [2.45, 2.75) is 25.7 Å². The quantitative estimate of drug-likeness (QED) is 0.722. The van der Waals surface area contributed by atoms with Gasteiger partial charge < -0.3 is 9.64 Å². The van der Waals surface area contributed by atoms with Crippen molar-refractivity contribution in [1.29, 1.82) is 0 Å². The van der Waals surface area contributed by atoms with E-state index < -0.39 is 0 Å². The maximum absolute atomic E-state index is 11.2. The summed E-state index contributed by atoms with van der Waals surface area (Å²) in [6.07, 6.45) is 1.66. The second-order valence-electron chi connectivity index (χ2n) is 4.82. The molecule has 0 heterocycles. The summed E-state index contributed by atoms with van der Waals surface area (Å²) < 4.78 is 4.68. The highest BCUT2D eigenvalue weighted by atomic mass is 16.5. The van der Waals surface area contributed by atoms with E-state index in [2.05, 4.69) is 40.8 Å². The number of hydrogen-bond donors (Lipinski definition) is 0. The van der Waals surface area contributed by atoms with Gasteiger partial charge in [-0.25, -0.2) is 0 Å². The summed E-state index contributed by atoms with van der Waals surface area (Å²) >= 11 is 0. The molecule has 1 aromatic carbocycles. The standard InChI is InChI=1S/C15H21NO2/c1-3-16(9-8-15(17)18-2)11-13-10-12-6-4-5-7-14(12)13/h4-7,13H,3,8-11H2,1-2H3. The van der Waals surface area contributed by atoms with Crippen LogP contribution in [0.2, 0.25) is 0 Å². The van der Waals surface area contributed by atoms with Crippen LogP contribution in [0.3, 0.4) is 0 Å². The zero-order valence-corrected chi connectivity index (χ0v) is 11.2. The van der Waals surface area contributed by atoms with Crippen LogP contribution in [0.1, 0.15) is 30.4 Å². The molecule has 1 atom stereocenters. The fourth-order valence-electron chi connectivity index (χ4n) is 2.57. The highest BCUT2D eigenvalue weighted by Gasteiger charge is 2.26. The fourth-order valence-corrected chi connectivity index (χ4v) is 2.57. The third-order valence-corrected chi connectivity index (χ3v) is 3.75. The highest BCUT2D eigenvalue weighted by Crippen LogP contribution is 2.35. The lowest BCUT2D eigenvalue weighted by Crippen LogP contribution is -2.34. The molecular weight excluding hydrogens is 226 g/mol. The van der Waals surface area contributed by atoms with E-state index in [4.69, 9.17) is 0 Å². The molecule has 0 radical (unpaired) electrons. The Morgan fingerprint density at radius 2 is 2.22 bits per heavy atom. The first-order chi connectivity index (χ1) is 8.74. The van der Waals surface area contributed by atoms with Crippen LogP contribution in [0.25, 0.3) is 0 Å². The minimum atomic E-state index is -0.123. The molecule has 0 N–H and O–H groups in total. The van der Waals surface area contributed by atoms with Gasteiger partial charge in [0.05, 0.1) is 13.5 Å². The minimum absolute atomic E-state index is 0.123. The number of nitrogens with zero attached hydrogens (tertiary/aromatic N) is 1. The zero-order valence-electron chi connectivity index (χ0n) is 11.2. The molecule has 0 spiro atoms. The first kappa shape index (κ1) is 13.1. The van der Waals surface area contributed by atoms with Crippen molar-refractivity contribution in [1.82, 2.24) is 4.90 Å². The number of benzene rings is 1. The van der Waals surface area contributed by atoms with E-state index >= 15 is 0 Å². The van der Waals surface area contributed by atoms with E-state index in [1.807, 2.05) is 0 Å². The van der Waals surface area contributed by atoms with Crippen molar-refractivity contribution >= 4 is 5.97 Å². The maximum atomic E-state index is 11.2. The van der Waals surface area contributed by atoms with E-state index in [-0.39, 0.29) is 5.97 Å². The summed E-state index contributed by atoms with van der Waals surface area (Å²) in [7, 11) is 1.45. The Balaban J connectivity index is 1.83. The van der Waals surface area contributed by atoms with Gasteiger partial charge in [0.2, 0.25) is 0 Å². The van der Waals surface area contributed by atoms with E-state index in [0.29, 0.717) is 12.3 Å². The van der Waals surface area contributed by atoms with Crippen molar-refractivity contribution in [3.05, 3.63) is 35.4 Å². The Labute approximate surface area is 109 Å². The van der Waals surface area contributed by atoms with Crippen LogP contribution < -0.4 is 0 Å². The lowest BCUT2D eigenvalue weighted by Gasteiger charge is -2.34. The predicted molar refractivity (Wildman–Crippen MR) is 71.6 cm³/mol. The van der Waals surface area contributed by atoms with Crippen LogP contribution in [-0.2, 0) is 16.0 Å². The summed E-state index contributed by atoms with van der Waals surface area (Å²) in [5.74, 6) is 0.515. The first-order valence-electron chi connectivity index (χ1n) is 6.61. The molecule has 0 aliphatic heterocycles. The zero-order chi connectivity index (χ0) is 13.0. The summed E-state index contributed by atoms with van der Waals surface area (Å²) in [5.41, 5.74) is 2.96. The fraction of sp³-hybridized carbons (Fsp3) is 0.533. The van der Waals surface area contributed by atoms with Gasteiger partial charge in [-0.3, -0.25) is 4.79 Å². The van der Waals surface area contributed by atoms with Gasteiger partial charge in [-0.1, -0.05) is 31.2 Å². The molecule has 1 unspecified atom stereocenters. The Hall–Kier alpha value is -1.35. The predicted octanol–water partition coefficient (Wildman–Crippen LogP) is 2.21. The monoisotopic (exact) mass is 247 g/mol. The third kappa shape index (κ3) is 2.91. The average Bonchev–Trinajstić information content (AvgIpc) is 2.39. The van der Waals surface area contributed by atoms with Gasteiger partial charge in [-0.05, 0) is 24.1 Å². The number of likely N-dealkylation sites (N-methyl/N-ethyl adjacent to an activating group) is 1. The largest absolute Gasteiger partial charge is 0.469 e. The lowest BCUT2D eigenvalue weighted by atomic mass is 9.77. The number of hydrogen-bond acceptors (Lipinski definition) is 3. The number of methoxy groups -OCH3 is 1. The van der Waals surface area contributed by atoms with Crippen LogP contribution in [0.5, 0.6) is 0 Å². The van der Waals surface area contributed by atoms with E-state index in [1.165, 1.54) is 24.7 Å². The van der Waals surface area contributed by atoms with Crippen molar-refractivity contribution in [3.8, 4) is 0 Å². The molecule has 18 heavy (non-hydrogen) atoms. The third-order valence-electron chi connectivity index (χ3n) is 3.75. The molecule has 1 aliphatic rings. The van der Waals surface area contributed by atoms with Crippen molar-refractivity contribution in [2.24, 2.45) is 0 Å². The van der Waals surface area contributed by atoms with Gasteiger partial charge >= 0.3 is 5.97 Å². The van der Waals surface area contributed by atoms with Crippen LogP contribution in [0.4, 0.5) is 0 Å². The molecule has 0 bridgehead atoms. The second-order valence-corrected chi connectivity index (χ2v) is 4.82. The van der Waals surface area contributed by atoms with Crippen molar-refractivity contribution in [2.75, 3.05) is 26.7 Å². The smallest absolute Gasteiger partial charge is 0.306 e. The molecule has 3 heteroatoms. The molecular formula is C15H21NO2. The number of ether oxygens (including phenoxy) is 1. The van der Waals surface area contributed by atoms with Gasteiger partial charge in [0, 0.05) is 19.0 Å². The number of rotatable bonds is 6. The van der Waals surface area contributed by atoms with Gasteiger partial charge in [0.15, 0.2) is 0 Å². The van der Waals surface area contributed by atoms with Crippen LogP contribution in [0.15, 0.2) is 24.3 Å². The first-order valence-corrected chi connectivity index (χ1v) is 6.61. The van der Waals surface area contributed by atoms with Crippen LogP contribution in [-0.4, -0.2) is 37.6 Å². The maximum Gasteiger partial charge on any atom is 0.306 e. The SMILES string of the molecule is CCN(CCC(=O)OC)CC1Cc2ccccc21. The Morgan fingerprint density at radius 3 is 2.89 bits per heavy atom. The second kappa shape index (κ2) is 6.01. The van der Waals surface area contributed by atoms with Crippen LogP contribution in [0, 0.1) is 0 Å². The molecule has 1 aliphatic carbocycles. The Kier molecular flexibility index (Phi) is 4.37.